The minimum absolute atomic E-state index is 0.133. The van der Waals surface area contributed by atoms with Crippen molar-refractivity contribution < 1.29 is 27.8 Å². The molecule has 1 atom stereocenters. The van der Waals surface area contributed by atoms with Crippen LogP contribution in [0.4, 0.5) is 17.3 Å². The van der Waals surface area contributed by atoms with Crippen LogP contribution in [-0.2, 0) is 31.3 Å². The quantitative estimate of drug-likeness (QED) is 0.404. The molecule has 3 aromatic heterocycles. The number of aliphatic hydroxyl groups is 1. The van der Waals surface area contributed by atoms with Crippen LogP contribution in [0.1, 0.15) is 32.8 Å². The molecular formula is C25H30N6O6S. The Morgan fingerprint density at radius 1 is 1.21 bits per heavy atom. The van der Waals surface area contributed by atoms with Gasteiger partial charge in [0.25, 0.3) is 0 Å². The average Bonchev–Trinajstić information content (AvgIpc) is 3.52. The van der Waals surface area contributed by atoms with Crippen molar-refractivity contribution in [3.8, 4) is 17.1 Å². The van der Waals surface area contributed by atoms with Gasteiger partial charge in [-0.1, -0.05) is 0 Å². The van der Waals surface area contributed by atoms with Crippen molar-refractivity contribution in [1.29, 1.82) is 0 Å². The van der Waals surface area contributed by atoms with E-state index in [9.17, 15) is 18.3 Å². The van der Waals surface area contributed by atoms with Crippen LogP contribution in [0.2, 0.25) is 0 Å². The van der Waals surface area contributed by atoms with Crippen molar-refractivity contribution in [2.45, 2.75) is 49.8 Å². The van der Waals surface area contributed by atoms with Crippen LogP contribution < -0.4 is 15.4 Å². The molecule has 202 valence electrons. The molecule has 0 aromatic carbocycles. The molecule has 38 heavy (non-hydrogen) atoms. The zero-order chi connectivity index (χ0) is 27.3. The highest BCUT2D eigenvalue weighted by molar-refractivity contribution is 7.90. The number of nitrogens with one attached hydrogen (secondary N) is 2. The third-order valence-electron chi connectivity index (χ3n) is 6.60. The number of nitrogens with zero attached hydrogens (tertiary/aromatic N) is 4. The van der Waals surface area contributed by atoms with Gasteiger partial charge in [-0.15, -0.1) is 0 Å². The fourth-order valence-electron chi connectivity index (χ4n) is 4.67. The van der Waals surface area contributed by atoms with Crippen molar-refractivity contribution in [3.05, 3.63) is 36.0 Å². The van der Waals surface area contributed by atoms with Crippen LogP contribution in [-0.4, -0.2) is 70.9 Å². The molecule has 0 bridgehead atoms. The van der Waals surface area contributed by atoms with Crippen molar-refractivity contribution in [3.63, 3.8) is 0 Å². The van der Waals surface area contributed by atoms with E-state index < -0.39 is 15.3 Å². The Labute approximate surface area is 220 Å². The number of anilines is 3. The Morgan fingerprint density at radius 3 is 2.63 bits per heavy atom. The third kappa shape index (κ3) is 5.08. The average molecular weight is 543 g/mol. The highest BCUT2D eigenvalue weighted by Crippen LogP contribution is 2.38. The summed E-state index contributed by atoms with van der Waals surface area (Å²) in [6.45, 7) is 6.43. The lowest BCUT2D eigenvalue weighted by atomic mass is 9.81. The monoisotopic (exact) mass is 542 g/mol. The second kappa shape index (κ2) is 9.33. The lowest BCUT2D eigenvalue weighted by molar-refractivity contribution is -0.114. The number of hydrogen-bond acceptors (Lipinski definition) is 10. The van der Waals surface area contributed by atoms with Crippen molar-refractivity contribution in [1.82, 2.24) is 19.7 Å². The molecule has 3 aromatic rings. The summed E-state index contributed by atoms with van der Waals surface area (Å²) in [6, 6.07) is 6.62. The molecule has 5 heterocycles. The molecule has 1 amide bonds. The largest absolute Gasteiger partial charge is 0.470 e. The Bertz CT molecular complexity index is 1480. The Hall–Kier alpha value is -3.55. The number of rotatable bonds is 7. The van der Waals surface area contributed by atoms with Gasteiger partial charge in [-0.25, -0.2) is 23.1 Å². The molecule has 1 unspecified atom stereocenters. The number of sulfone groups is 1. The second-order valence-corrected chi connectivity index (χ2v) is 12.4. The van der Waals surface area contributed by atoms with E-state index in [0.29, 0.717) is 53.8 Å². The van der Waals surface area contributed by atoms with Crippen LogP contribution in [0.15, 0.2) is 35.5 Å². The number of carbonyl (C=O) groups excluding carboxylic acids is 1. The molecule has 0 radical (unpaired) electrons. The van der Waals surface area contributed by atoms with E-state index in [0.717, 1.165) is 6.26 Å². The van der Waals surface area contributed by atoms with E-state index in [1.165, 1.54) is 13.0 Å². The first-order valence-electron chi connectivity index (χ1n) is 12.1. The van der Waals surface area contributed by atoms with E-state index >= 15 is 0 Å². The fraction of sp³-hybridized carbons (Fsp3) is 0.440. The number of pyridine rings is 2. The highest BCUT2D eigenvalue weighted by Gasteiger charge is 2.37. The number of ether oxygens (including phenoxy) is 2. The molecule has 5 rings (SSSR count). The molecule has 1 fully saturated rings. The number of carbonyl (C=O) groups is 1. The van der Waals surface area contributed by atoms with E-state index in [-0.39, 0.29) is 35.6 Å². The van der Waals surface area contributed by atoms with Gasteiger partial charge in [0.1, 0.15) is 17.2 Å². The lowest BCUT2D eigenvalue weighted by Crippen LogP contribution is -2.31. The smallest absolute Gasteiger partial charge is 0.222 e. The van der Waals surface area contributed by atoms with Gasteiger partial charge in [0.2, 0.25) is 11.8 Å². The predicted molar refractivity (Wildman–Crippen MR) is 139 cm³/mol. The molecule has 0 aliphatic carbocycles. The Kier molecular flexibility index (Phi) is 6.40. The summed E-state index contributed by atoms with van der Waals surface area (Å²) in [7, 11) is -3.68. The van der Waals surface area contributed by atoms with Gasteiger partial charge >= 0.3 is 0 Å². The van der Waals surface area contributed by atoms with Gasteiger partial charge < -0.3 is 25.2 Å². The number of fused-ring (bicyclic) bond motifs is 1. The first-order chi connectivity index (χ1) is 17.9. The standard InChI is InChI=1S/C25H30N6O6S/c1-15(33)27-20-9-18(17(11-26-20)19-10-23-31(30-19)12-24(2,3)37-23)28-21-7-16(8-22(29-21)38(4,34)35)25(13-32)5-6-36-14-25/h7-11,32H,5-6,12-14H2,1-4H3,(H2,26,27,28,29,33). The van der Waals surface area contributed by atoms with Crippen molar-refractivity contribution in [2.75, 3.05) is 36.7 Å². The van der Waals surface area contributed by atoms with E-state index in [1.807, 2.05) is 13.8 Å². The molecule has 2 aliphatic heterocycles. The van der Waals surface area contributed by atoms with Gasteiger partial charge in [0, 0.05) is 49.1 Å². The molecule has 3 N–H and O–H groups in total. The highest BCUT2D eigenvalue weighted by atomic mass is 32.2. The Balaban J connectivity index is 1.60. The third-order valence-corrected chi connectivity index (χ3v) is 7.57. The summed E-state index contributed by atoms with van der Waals surface area (Å²) in [5.41, 5.74) is 1.16. The van der Waals surface area contributed by atoms with E-state index in [2.05, 4.69) is 25.7 Å². The van der Waals surface area contributed by atoms with Crippen molar-refractivity contribution >= 4 is 33.1 Å². The van der Waals surface area contributed by atoms with Crippen LogP contribution in [0.5, 0.6) is 5.88 Å². The minimum Gasteiger partial charge on any atom is -0.470 e. The fourth-order valence-corrected chi connectivity index (χ4v) is 5.27. The SMILES string of the molecule is CC(=O)Nc1cc(Nc2cc(C3(CO)CCOC3)cc(S(C)(=O)=O)n2)c(-c2cc3n(n2)CC(C)(C)O3)cn1. The van der Waals surface area contributed by atoms with Gasteiger partial charge in [-0.3, -0.25) is 4.79 Å². The van der Waals surface area contributed by atoms with Gasteiger partial charge in [0.05, 0.1) is 31.1 Å². The maximum atomic E-state index is 12.5. The van der Waals surface area contributed by atoms with Gasteiger partial charge in [-0.2, -0.15) is 5.10 Å². The minimum atomic E-state index is -3.68. The molecule has 2 aliphatic rings. The van der Waals surface area contributed by atoms with Crippen LogP contribution in [0.25, 0.3) is 11.3 Å². The topological polar surface area (TPSA) is 158 Å². The van der Waals surface area contributed by atoms with Crippen LogP contribution >= 0.6 is 0 Å². The summed E-state index contributed by atoms with van der Waals surface area (Å²) in [5, 5.41) is 20.6. The first kappa shape index (κ1) is 26.1. The van der Waals surface area contributed by atoms with Crippen molar-refractivity contribution in [2.24, 2.45) is 0 Å². The predicted octanol–water partition coefficient (Wildman–Crippen LogP) is 2.27. The number of amides is 1. The second-order valence-electron chi connectivity index (χ2n) is 10.4. The molecular weight excluding hydrogens is 512 g/mol. The number of aliphatic hydroxyl groups excluding tert-OH is 1. The molecule has 13 heteroatoms. The maximum absolute atomic E-state index is 12.5. The summed E-state index contributed by atoms with van der Waals surface area (Å²) >= 11 is 0. The van der Waals surface area contributed by atoms with Gasteiger partial charge in [-0.05, 0) is 38.0 Å². The zero-order valence-electron chi connectivity index (χ0n) is 21.6. The molecule has 1 saturated heterocycles. The van der Waals surface area contributed by atoms with Crippen LogP contribution in [0.3, 0.4) is 0 Å². The maximum Gasteiger partial charge on any atom is 0.222 e. The van der Waals surface area contributed by atoms with E-state index in [1.54, 1.807) is 29.1 Å². The summed E-state index contributed by atoms with van der Waals surface area (Å²) in [5.74, 6) is 0.863. The molecule has 12 nitrogen and oxygen atoms in total. The summed E-state index contributed by atoms with van der Waals surface area (Å²) in [6.07, 6.45) is 3.19. The Morgan fingerprint density at radius 2 is 2.00 bits per heavy atom. The number of aromatic nitrogens is 4. The molecule has 0 spiro atoms. The first-order valence-corrected chi connectivity index (χ1v) is 14.0. The summed E-state index contributed by atoms with van der Waals surface area (Å²) in [4.78, 5) is 20.4. The lowest BCUT2D eigenvalue weighted by Gasteiger charge is -2.26. The van der Waals surface area contributed by atoms with Crippen LogP contribution in [0, 0.1) is 0 Å². The molecule has 0 saturated carbocycles. The number of hydrogen-bond donors (Lipinski definition) is 3. The zero-order valence-corrected chi connectivity index (χ0v) is 22.4. The summed E-state index contributed by atoms with van der Waals surface area (Å²) < 4.78 is 38.3. The normalized spacial score (nSPS) is 20.1. The van der Waals surface area contributed by atoms with E-state index in [4.69, 9.17) is 9.47 Å². The van der Waals surface area contributed by atoms with Gasteiger partial charge in [0.15, 0.2) is 14.9 Å².